The topological polar surface area (TPSA) is 77.0 Å². The Bertz CT molecular complexity index is 773. The van der Waals surface area contributed by atoms with Crippen LogP contribution in [-0.4, -0.2) is 44.0 Å². The van der Waals surface area contributed by atoms with Gasteiger partial charge in [0.1, 0.15) is 17.1 Å². The molecule has 1 atom stereocenters. The average Bonchev–Trinajstić information content (AvgIpc) is 3.04. The van der Waals surface area contributed by atoms with Gasteiger partial charge in [-0.3, -0.25) is 9.69 Å². The number of nitrogens with zero attached hydrogens (tertiary/aromatic N) is 4. The smallest absolute Gasteiger partial charge is 0.234 e. The van der Waals surface area contributed by atoms with Crippen LogP contribution >= 0.6 is 27.5 Å². The molecule has 3 heterocycles. The molecule has 0 unspecified atom stereocenters. The highest BCUT2D eigenvalue weighted by Gasteiger charge is 2.41. The van der Waals surface area contributed by atoms with Gasteiger partial charge in [-0.15, -0.1) is 0 Å². The number of carbonyl (C=O) groups is 1. The molecule has 122 valence electrons. The van der Waals surface area contributed by atoms with Gasteiger partial charge >= 0.3 is 0 Å². The second kappa shape index (κ2) is 5.72. The second-order valence-corrected chi connectivity index (χ2v) is 7.54. The molecule has 2 aliphatic rings. The van der Waals surface area contributed by atoms with E-state index in [1.165, 1.54) is 6.33 Å². The van der Waals surface area contributed by atoms with Gasteiger partial charge < -0.3 is 10.3 Å². The molecule has 1 saturated heterocycles. The number of hydrogen-bond donors (Lipinski definition) is 1. The van der Waals surface area contributed by atoms with Gasteiger partial charge in [0.05, 0.1) is 11.4 Å². The minimum atomic E-state index is -0.195. The van der Waals surface area contributed by atoms with Gasteiger partial charge in [-0.1, -0.05) is 11.6 Å². The molecule has 23 heavy (non-hydrogen) atoms. The Kier molecular flexibility index (Phi) is 3.82. The van der Waals surface area contributed by atoms with Gasteiger partial charge in [-0.05, 0) is 48.2 Å². The maximum Gasteiger partial charge on any atom is 0.234 e. The quantitative estimate of drug-likeness (QED) is 0.806. The van der Waals surface area contributed by atoms with E-state index in [4.69, 9.17) is 17.3 Å². The maximum absolute atomic E-state index is 11.6. The van der Waals surface area contributed by atoms with Crippen LogP contribution in [0.2, 0.25) is 5.15 Å². The van der Waals surface area contributed by atoms with Crippen LogP contribution in [0.4, 0.5) is 0 Å². The van der Waals surface area contributed by atoms with Gasteiger partial charge in [0.15, 0.2) is 0 Å². The summed E-state index contributed by atoms with van der Waals surface area (Å²) >= 11 is 9.72. The number of hydrogen-bond acceptors (Lipinski definition) is 4. The predicted octanol–water partition coefficient (Wildman–Crippen LogP) is 2.50. The van der Waals surface area contributed by atoms with Crippen LogP contribution in [-0.2, 0) is 4.79 Å². The van der Waals surface area contributed by atoms with E-state index in [2.05, 4.69) is 35.4 Å². The fourth-order valence-electron chi connectivity index (χ4n) is 3.87. The molecule has 6 nitrogen and oxygen atoms in total. The third-order valence-corrected chi connectivity index (χ3v) is 5.98. The fourth-order valence-corrected chi connectivity index (χ4v) is 4.80. The maximum atomic E-state index is 11.6. The molecular formula is C15H17BrClN5O. The molecule has 2 fully saturated rings. The molecule has 1 saturated carbocycles. The summed E-state index contributed by atoms with van der Waals surface area (Å²) in [7, 11) is 0. The van der Waals surface area contributed by atoms with Crippen LogP contribution in [0.5, 0.6) is 0 Å². The molecule has 1 aliphatic carbocycles. The Hall–Kier alpha value is -1.18. The third-order valence-electron chi connectivity index (χ3n) is 5.09. The largest absolute Gasteiger partial charge is 0.368 e. The lowest BCUT2D eigenvalue weighted by atomic mass is 9.84. The molecule has 0 aromatic carbocycles. The van der Waals surface area contributed by atoms with E-state index in [0.29, 0.717) is 17.2 Å². The van der Waals surface area contributed by atoms with E-state index in [9.17, 15) is 4.79 Å². The van der Waals surface area contributed by atoms with Crippen molar-refractivity contribution < 1.29 is 4.79 Å². The molecule has 4 rings (SSSR count). The van der Waals surface area contributed by atoms with Crippen molar-refractivity contribution in [2.45, 2.75) is 43.8 Å². The van der Waals surface area contributed by atoms with E-state index >= 15 is 0 Å². The van der Waals surface area contributed by atoms with E-state index in [0.717, 1.165) is 47.7 Å². The summed E-state index contributed by atoms with van der Waals surface area (Å²) in [5.74, 6) is -0.195. The van der Waals surface area contributed by atoms with Crippen molar-refractivity contribution in [2.24, 2.45) is 5.73 Å². The van der Waals surface area contributed by atoms with E-state index in [-0.39, 0.29) is 11.9 Å². The number of carbonyl (C=O) groups excluding carboxylic acids is 1. The molecule has 1 aliphatic heterocycles. The monoisotopic (exact) mass is 397 g/mol. The number of primary amides is 1. The normalized spacial score (nSPS) is 28.2. The molecule has 1 amide bonds. The highest BCUT2D eigenvalue weighted by Crippen LogP contribution is 2.42. The van der Waals surface area contributed by atoms with Crippen LogP contribution in [0.25, 0.3) is 11.0 Å². The first-order valence-electron chi connectivity index (χ1n) is 7.78. The van der Waals surface area contributed by atoms with E-state index in [1.807, 2.05) is 6.20 Å². The summed E-state index contributed by atoms with van der Waals surface area (Å²) in [4.78, 5) is 22.3. The van der Waals surface area contributed by atoms with Crippen LogP contribution < -0.4 is 5.73 Å². The van der Waals surface area contributed by atoms with Crippen LogP contribution in [0.15, 0.2) is 17.0 Å². The lowest BCUT2D eigenvalue weighted by Gasteiger charge is -2.43. The highest BCUT2D eigenvalue weighted by atomic mass is 79.9. The Morgan fingerprint density at radius 2 is 2.13 bits per heavy atom. The van der Waals surface area contributed by atoms with E-state index in [1.54, 1.807) is 0 Å². The van der Waals surface area contributed by atoms with E-state index < -0.39 is 0 Å². The Labute approximate surface area is 147 Å². The Balaban J connectivity index is 1.55. The summed E-state index contributed by atoms with van der Waals surface area (Å²) in [6.45, 7) is 0.967. The number of nitrogens with two attached hydrogens (primary N) is 1. The zero-order valence-corrected chi connectivity index (χ0v) is 14.8. The number of fused-ring (bicyclic) bond motifs is 1. The minimum Gasteiger partial charge on any atom is -0.368 e. The van der Waals surface area contributed by atoms with Crippen molar-refractivity contribution >= 4 is 44.5 Å². The molecule has 2 aromatic heterocycles. The molecule has 0 bridgehead atoms. The first-order chi connectivity index (χ1) is 11.1. The van der Waals surface area contributed by atoms with Gasteiger partial charge in [-0.2, -0.15) is 0 Å². The minimum absolute atomic E-state index is 0.0918. The molecule has 8 heteroatoms. The number of likely N-dealkylation sites (tertiary alicyclic amines) is 1. The summed E-state index contributed by atoms with van der Waals surface area (Å²) in [5.41, 5.74) is 6.38. The molecule has 2 aromatic rings. The van der Waals surface area contributed by atoms with Crippen molar-refractivity contribution in [3.05, 3.63) is 22.1 Å². The number of amides is 1. The number of aromatic nitrogens is 3. The van der Waals surface area contributed by atoms with Crippen molar-refractivity contribution in [1.82, 2.24) is 19.4 Å². The van der Waals surface area contributed by atoms with Gasteiger partial charge in [0, 0.05) is 22.8 Å². The fraction of sp³-hybridized carbons (Fsp3) is 0.533. The summed E-state index contributed by atoms with van der Waals surface area (Å²) < 4.78 is 3.08. The van der Waals surface area contributed by atoms with Gasteiger partial charge in [0.2, 0.25) is 5.91 Å². The summed E-state index contributed by atoms with van der Waals surface area (Å²) in [5, 5.41) is 1.32. The molecule has 2 N–H and O–H groups in total. The lowest BCUT2D eigenvalue weighted by Crippen LogP contribution is -2.51. The van der Waals surface area contributed by atoms with Crippen LogP contribution in [0, 0.1) is 0 Å². The first kappa shape index (κ1) is 15.4. The van der Waals surface area contributed by atoms with Crippen LogP contribution in [0.3, 0.4) is 0 Å². The third kappa shape index (κ3) is 2.45. The second-order valence-electron chi connectivity index (χ2n) is 6.32. The molecule has 0 radical (unpaired) electrons. The van der Waals surface area contributed by atoms with Crippen LogP contribution in [0.1, 0.15) is 31.7 Å². The standard InChI is InChI=1S/C15H17BrClN5O/c16-10-6-22(15-12(10)13(17)19-7-20-15)9-4-8(5-9)21-3-1-2-11(21)14(18)23/h6-9,11H,1-5H2,(H2,18,23)/t8?,9?,11-/m0/s1. The zero-order chi connectivity index (χ0) is 16.1. The lowest BCUT2D eigenvalue weighted by molar-refractivity contribution is -0.123. The summed E-state index contributed by atoms with van der Waals surface area (Å²) in [6, 6.07) is 0.702. The van der Waals surface area contributed by atoms with Crippen molar-refractivity contribution in [2.75, 3.05) is 6.54 Å². The van der Waals surface area contributed by atoms with Gasteiger partial charge in [-0.25, -0.2) is 9.97 Å². The Morgan fingerprint density at radius 3 is 2.87 bits per heavy atom. The summed E-state index contributed by atoms with van der Waals surface area (Å²) in [6.07, 6.45) is 7.46. The van der Waals surface area contributed by atoms with Crippen molar-refractivity contribution in [3.63, 3.8) is 0 Å². The molecular weight excluding hydrogens is 382 g/mol. The highest BCUT2D eigenvalue weighted by molar-refractivity contribution is 9.10. The Morgan fingerprint density at radius 1 is 1.35 bits per heavy atom. The van der Waals surface area contributed by atoms with Crippen molar-refractivity contribution in [1.29, 1.82) is 0 Å². The molecule has 0 spiro atoms. The first-order valence-corrected chi connectivity index (χ1v) is 8.95. The average molecular weight is 399 g/mol. The SMILES string of the molecule is NC(=O)[C@@H]1CCCN1C1CC(n2cc(Br)c3c(Cl)ncnc32)C1. The number of rotatable bonds is 3. The predicted molar refractivity (Wildman–Crippen MR) is 91.2 cm³/mol. The number of halogens is 2. The zero-order valence-electron chi connectivity index (χ0n) is 12.5. The van der Waals surface area contributed by atoms with Crippen molar-refractivity contribution in [3.8, 4) is 0 Å². The van der Waals surface area contributed by atoms with Gasteiger partial charge in [0.25, 0.3) is 0 Å².